The molecule has 0 rings (SSSR count). The Bertz CT molecular complexity index is 172. The maximum absolute atomic E-state index is 8.93. The Labute approximate surface area is 154 Å². The van der Waals surface area contributed by atoms with Crippen molar-refractivity contribution in [3.63, 3.8) is 0 Å². The maximum atomic E-state index is 8.93. The molecule has 0 saturated carbocycles. The van der Waals surface area contributed by atoms with E-state index < -0.39 is 12.3 Å². The fraction of sp³-hybridized carbons (Fsp3) is 0.556. The second-order valence-electron chi connectivity index (χ2n) is 2.12. The molecule has 0 spiro atoms. The van der Waals surface area contributed by atoms with Gasteiger partial charge in [0.05, 0.1) is 0 Å². The molecule has 0 unspecified atom stereocenters. The molecule has 0 N–H and O–H groups in total. The average molecular weight is 398 g/mol. The van der Waals surface area contributed by atoms with Crippen molar-refractivity contribution in [1.29, 1.82) is 0 Å². The van der Waals surface area contributed by atoms with Crippen LogP contribution in [0, 0.1) is 0 Å². The Morgan fingerprint density at radius 3 is 1.33 bits per heavy atom. The average Bonchev–Trinajstić information content (AvgIpc) is 2.16. The molecule has 0 aromatic rings. The molecule has 102 valence electrons. The molecule has 0 heterocycles. The van der Waals surface area contributed by atoms with E-state index in [0.717, 1.165) is 0 Å². The fourth-order valence-corrected chi connectivity index (χ4v) is 0.204. The Balaban J connectivity index is -0.0000000429. The molecule has 0 saturated heterocycles. The quantitative estimate of drug-likeness (QED) is 0.503. The molecule has 0 aliphatic rings. The van der Waals surface area contributed by atoms with E-state index >= 15 is 0 Å². The first-order valence-corrected chi connectivity index (χ1v) is 13.8. The topological polar surface area (TPSA) is 46.1 Å². The summed E-state index contributed by atoms with van der Waals surface area (Å²) in [6, 6.07) is 0. The molecule has 2 nitrogen and oxygen atoms in total. The molecular formula is C9H17AlCl4MgO2Ti. The molecule has 2 radical (unpaired) electrons. The van der Waals surface area contributed by atoms with Crippen LogP contribution in [-0.4, -0.2) is 52.6 Å². The van der Waals surface area contributed by atoms with Gasteiger partial charge in [-0.2, -0.15) is 4.94 Å². The summed E-state index contributed by atoms with van der Waals surface area (Å²) < 4.78 is 0. The van der Waals surface area contributed by atoms with Crippen LogP contribution in [0.2, 0.25) is 0 Å². The largest absolute Gasteiger partial charge is 2.00 e. The van der Waals surface area contributed by atoms with Gasteiger partial charge < -0.3 is 10.2 Å². The minimum atomic E-state index is -3.11. The molecular weight excluding hydrogens is 381 g/mol. The van der Waals surface area contributed by atoms with Crippen molar-refractivity contribution in [2.24, 2.45) is 0 Å². The minimum absolute atomic E-state index is 0. The van der Waals surface area contributed by atoms with Crippen molar-refractivity contribution < 1.29 is 22.6 Å². The van der Waals surface area contributed by atoms with Gasteiger partial charge in [0.2, 0.25) is 0 Å². The molecule has 18 heavy (non-hydrogen) atoms. The van der Waals surface area contributed by atoms with Gasteiger partial charge in [-0.1, -0.05) is 32.1 Å². The van der Waals surface area contributed by atoms with Crippen LogP contribution < -0.4 is 10.2 Å². The van der Waals surface area contributed by atoms with Crippen LogP contribution >= 0.6 is 37.2 Å². The first kappa shape index (κ1) is 32.5. The van der Waals surface area contributed by atoms with Gasteiger partial charge in [0.25, 0.3) is 0 Å². The van der Waals surface area contributed by atoms with Gasteiger partial charge in [-0.05, 0) is 6.92 Å². The zero-order chi connectivity index (χ0) is 14.9. The third-order valence-corrected chi connectivity index (χ3v) is 1.11. The van der Waals surface area contributed by atoms with Crippen LogP contribution in [-0.2, 0) is 12.3 Å². The summed E-state index contributed by atoms with van der Waals surface area (Å²) in [5, 5.41) is 17.9. The molecule has 0 amide bonds. The molecule has 0 aliphatic heterocycles. The third-order valence-electron chi connectivity index (χ3n) is 0.585. The van der Waals surface area contributed by atoms with E-state index in [-0.39, 0.29) is 36.3 Å². The summed E-state index contributed by atoms with van der Waals surface area (Å²) in [5.74, 6) is 0. The minimum Gasteiger partial charge on any atom is 2.00 e. The Morgan fingerprint density at radius 2 is 1.33 bits per heavy atom. The van der Waals surface area contributed by atoms with Crippen LogP contribution in [0.1, 0.15) is 20.8 Å². The molecule has 9 heteroatoms. The summed E-state index contributed by atoms with van der Waals surface area (Å²) in [4.78, 5) is 1.94. The van der Waals surface area contributed by atoms with E-state index in [1.807, 2.05) is 17.9 Å². The molecule has 0 fully saturated rings. The molecule has 0 aromatic carbocycles. The first-order chi connectivity index (χ1) is 7.64. The molecule has 0 aromatic heterocycles. The normalized spacial score (nSPS) is 9.06. The maximum Gasteiger partial charge on any atom is 2.00 e. The predicted molar refractivity (Wildman–Crippen MR) is 80.0 cm³/mol. The Hall–Kier alpha value is 2.57. The Kier molecular flexibility index (Phi) is 50.3. The van der Waals surface area contributed by atoms with Crippen molar-refractivity contribution in [2.45, 2.75) is 20.8 Å². The van der Waals surface area contributed by atoms with Crippen molar-refractivity contribution in [1.82, 2.24) is 0 Å². The van der Waals surface area contributed by atoms with E-state index in [1.54, 1.807) is 13.8 Å². The first-order valence-electron chi connectivity index (χ1n) is 4.57. The monoisotopic (exact) mass is 396 g/mol. The standard InChI is InChI=1S/C5H7.2C2H5O.Al.4ClH.Mg.Ti/c1-4-5(2)3;2*1-2-3;;;;;;;/h2,4H,1H2,3H3;2*2H2,1H3;;4*1H;;/q;2*-1;;;;;;+2;+4/p-4. The summed E-state index contributed by atoms with van der Waals surface area (Å²) >= 11 is -0.605. The van der Waals surface area contributed by atoms with Crippen molar-refractivity contribution >= 4 is 76.6 Å². The van der Waals surface area contributed by atoms with Gasteiger partial charge in [0.15, 0.2) is 16.3 Å². The second kappa shape index (κ2) is 27.8. The van der Waals surface area contributed by atoms with Crippen molar-refractivity contribution in [3.05, 3.63) is 23.2 Å². The smallest absolute Gasteiger partial charge is 2.00 e. The van der Waals surface area contributed by atoms with Crippen LogP contribution in [0.5, 0.6) is 0 Å². The summed E-state index contributed by atoms with van der Waals surface area (Å²) in [5.41, 5.74) is 1.19. The number of hydrogen-bond donors (Lipinski definition) is 0. The van der Waals surface area contributed by atoms with Crippen LogP contribution in [0.25, 0.3) is 0 Å². The predicted octanol–water partition coefficient (Wildman–Crippen LogP) is 2.35. The summed E-state index contributed by atoms with van der Waals surface area (Å²) in [6.45, 7) is 8.69. The van der Waals surface area contributed by atoms with Gasteiger partial charge in [0, 0.05) is 0 Å². The van der Waals surface area contributed by atoms with Gasteiger partial charge in [0.1, 0.15) is 0 Å². The third kappa shape index (κ3) is 133. The fourth-order valence-electron chi connectivity index (χ4n) is 0.0680. The van der Waals surface area contributed by atoms with Crippen molar-refractivity contribution in [2.75, 3.05) is 13.2 Å². The van der Waals surface area contributed by atoms with E-state index in [1.165, 1.54) is 5.57 Å². The van der Waals surface area contributed by atoms with Gasteiger partial charge in [-0.15, -0.1) is 13.2 Å². The van der Waals surface area contributed by atoms with Gasteiger partial charge >= 0.3 is 72.6 Å². The van der Waals surface area contributed by atoms with Crippen LogP contribution in [0.15, 0.2) is 23.2 Å². The Morgan fingerprint density at radius 1 is 1.17 bits per heavy atom. The number of rotatable bonds is 1. The zero-order valence-electron chi connectivity index (χ0n) is 10.9. The number of allylic oxidation sites excluding steroid dienone is 2. The summed E-state index contributed by atoms with van der Waals surface area (Å²) in [6.07, 6.45) is 1.81. The van der Waals surface area contributed by atoms with Crippen LogP contribution in [0.4, 0.5) is 0 Å². The zero-order valence-corrected chi connectivity index (χ0v) is 18.0. The molecule has 0 bridgehead atoms. The van der Waals surface area contributed by atoms with E-state index in [0.29, 0.717) is 0 Å². The van der Waals surface area contributed by atoms with E-state index in [4.69, 9.17) is 47.4 Å². The van der Waals surface area contributed by atoms with E-state index in [9.17, 15) is 0 Å². The molecule has 0 aliphatic carbocycles. The molecule has 0 atom stereocenters. The van der Waals surface area contributed by atoms with E-state index in [2.05, 4.69) is 22.9 Å². The number of hydrogen-bond acceptors (Lipinski definition) is 2. The second-order valence-corrected chi connectivity index (χ2v) is 17.9. The van der Waals surface area contributed by atoms with Crippen molar-refractivity contribution in [3.8, 4) is 0 Å². The number of halogens is 4. The van der Waals surface area contributed by atoms with Gasteiger partial charge in [-0.25, -0.2) is 0 Å². The van der Waals surface area contributed by atoms with Crippen LogP contribution in [0.3, 0.4) is 0 Å². The summed E-state index contributed by atoms with van der Waals surface area (Å²) in [7, 11) is 20.1. The van der Waals surface area contributed by atoms with Gasteiger partial charge in [-0.3, -0.25) is 0 Å². The SMILES string of the molecule is C=C/C(C)=[CH]/[Al].CC[O-].CC[O-].[Cl][Ti]([Cl])([Cl])[Cl].[Mg+2].